The molecule has 0 aromatic heterocycles. The van der Waals surface area contributed by atoms with Crippen LogP contribution in [0.25, 0.3) is 0 Å². The van der Waals surface area contributed by atoms with Gasteiger partial charge in [-0.15, -0.1) is 0 Å². The van der Waals surface area contributed by atoms with Gasteiger partial charge in [-0.3, -0.25) is 0 Å². The Morgan fingerprint density at radius 3 is 1.89 bits per heavy atom. The zero-order chi connectivity index (χ0) is 6.85. The second-order valence-electron chi connectivity index (χ2n) is 2.41. The highest BCUT2D eigenvalue weighted by Gasteiger charge is 2.30. The molecule has 1 saturated carbocycles. The van der Waals surface area contributed by atoms with Crippen molar-refractivity contribution in [3.05, 3.63) is 0 Å². The second kappa shape index (κ2) is 3.12. The fourth-order valence-electron chi connectivity index (χ4n) is 1.05. The fraction of sp³-hybridized carbons (Fsp3) is 1.00. The van der Waals surface area contributed by atoms with E-state index in [1.807, 2.05) is 22.6 Å². The third kappa shape index (κ3) is 1.75. The first-order valence-corrected chi connectivity index (χ1v) is 4.38. The molecule has 1 aliphatic carbocycles. The monoisotopic (exact) mass is 246 g/mol. The summed E-state index contributed by atoms with van der Waals surface area (Å²) in [4.78, 5) is 0. The summed E-state index contributed by atoms with van der Waals surface area (Å²) in [7, 11) is 0. The smallest absolute Gasteiger partial charge is 0.115 e. The van der Waals surface area contributed by atoms with Crippen molar-refractivity contribution in [1.29, 1.82) is 0 Å². The number of halogens is 3. The van der Waals surface area contributed by atoms with Gasteiger partial charge in [0.15, 0.2) is 0 Å². The highest BCUT2D eigenvalue weighted by atomic mass is 127. The Kier molecular flexibility index (Phi) is 2.67. The summed E-state index contributed by atoms with van der Waals surface area (Å²) in [6.45, 7) is 0. The average Bonchev–Trinajstić information content (AvgIpc) is 1.83. The Balaban J connectivity index is 2.41. The molecule has 1 rings (SSSR count). The zero-order valence-electron chi connectivity index (χ0n) is 4.99. The molecular weight excluding hydrogens is 237 g/mol. The number of hydrogen-bond acceptors (Lipinski definition) is 0. The lowest BCUT2D eigenvalue weighted by Gasteiger charge is -2.24. The van der Waals surface area contributed by atoms with Crippen LogP contribution in [0.3, 0.4) is 0 Å². The maximum atomic E-state index is 12.6. The summed E-state index contributed by atoms with van der Waals surface area (Å²) in [5.41, 5.74) is 0. The standard InChI is InChI=1S/C6H9F2I/c7-4-2-1-3-5(8)6(4)9/h4-6H,1-3H2/t4-,5?,6?/m0/s1. The highest BCUT2D eigenvalue weighted by molar-refractivity contribution is 14.1. The lowest BCUT2D eigenvalue weighted by molar-refractivity contribution is 0.176. The van der Waals surface area contributed by atoms with Gasteiger partial charge in [0.05, 0.1) is 3.92 Å². The van der Waals surface area contributed by atoms with Gasteiger partial charge < -0.3 is 0 Å². The maximum absolute atomic E-state index is 12.6. The van der Waals surface area contributed by atoms with Crippen molar-refractivity contribution in [3.63, 3.8) is 0 Å². The predicted molar refractivity (Wildman–Crippen MR) is 41.5 cm³/mol. The van der Waals surface area contributed by atoms with Gasteiger partial charge in [-0.1, -0.05) is 22.6 Å². The molecule has 1 fully saturated rings. The molecule has 0 aromatic rings. The lowest BCUT2D eigenvalue weighted by Crippen LogP contribution is -2.30. The van der Waals surface area contributed by atoms with Crippen molar-refractivity contribution in [2.24, 2.45) is 0 Å². The van der Waals surface area contributed by atoms with Gasteiger partial charge in [-0.2, -0.15) is 0 Å². The van der Waals surface area contributed by atoms with Crippen LogP contribution in [0.5, 0.6) is 0 Å². The van der Waals surface area contributed by atoms with Gasteiger partial charge in [-0.05, 0) is 19.3 Å². The molecule has 0 N–H and O–H groups in total. The van der Waals surface area contributed by atoms with Crippen molar-refractivity contribution in [2.45, 2.75) is 35.5 Å². The Labute approximate surface area is 67.2 Å². The Bertz CT molecular complexity index is 87.1. The first kappa shape index (κ1) is 7.69. The molecule has 3 heteroatoms. The molecule has 0 amide bonds. The van der Waals surface area contributed by atoms with Gasteiger partial charge in [0.25, 0.3) is 0 Å². The number of alkyl halides is 3. The van der Waals surface area contributed by atoms with Crippen LogP contribution in [0, 0.1) is 0 Å². The Hall–Kier alpha value is 0.590. The molecule has 1 aliphatic rings. The van der Waals surface area contributed by atoms with Crippen LogP contribution < -0.4 is 0 Å². The van der Waals surface area contributed by atoms with E-state index in [1.165, 1.54) is 0 Å². The largest absolute Gasteiger partial charge is 0.246 e. The van der Waals surface area contributed by atoms with E-state index in [4.69, 9.17) is 0 Å². The molecule has 3 atom stereocenters. The van der Waals surface area contributed by atoms with Crippen LogP contribution >= 0.6 is 22.6 Å². The van der Waals surface area contributed by atoms with E-state index in [9.17, 15) is 8.78 Å². The van der Waals surface area contributed by atoms with Gasteiger partial charge in [0.2, 0.25) is 0 Å². The minimum atomic E-state index is -0.908. The van der Waals surface area contributed by atoms with Crippen LogP contribution in [-0.2, 0) is 0 Å². The molecule has 0 aromatic carbocycles. The van der Waals surface area contributed by atoms with Crippen molar-refractivity contribution in [2.75, 3.05) is 0 Å². The first-order chi connectivity index (χ1) is 4.22. The second-order valence-corrected chi connectivity index (χ2v) is 3.85. The molecular formula is C6H9F2I. The van der Waals surface area contributed by atoms with E-state index < -0.39 is 16.3 Å². The summed E-state index contributed by atoms with van der Waals surface area (Å²) in [6, 6.07) is 0. The Morgan fingerprint density at radius 2 is 1.56 bits per heavy atom. The van der Waals surface area contributed by atoms with Gasteiger partial charge >= 0.3 is 0 Å². The molecule has 0 aliphatic heterocycles. The average molecular weight is 246 g/mol. The molecule has 9 heavy (non-hydrogen) atoms. The van der Waals surface area contributed by atoms with Crippen molar-refractivity contribution < 1.29 is 8.78 Å². The quantitative estimate of drug-likeness (QED) is 0.455. The lowest BCUT2D eigenvalue weighted by atomic mass is 9.97. The summed E-state index contributed by atoms with van der Waals surface area (Å²) in [5, 5.41) is 0. The van der Waals surface area contributed by atoms with E-state index in [-0.39, 0.29) is 0 Å². The van der Waals surface area contributed by atoms with Crippen LogP contribution in [0.1, 0.15) is 19.3 Å². The van der Waals surface area contributed by atoms with E-state index in [0.717, 1.165) is 0 Å². The van der Waals surface area contributed by atoms with E-state index >= 15 is 0 Å². The Morgan fingerprint density at radius 1 is 1.11 bits per heavy atom. The van der Waals surface area contributed by atoms with Gasteiger partial charge in [0.1, 0.15) is 12.3 Å². The molecule has 0 saturated heterocycles. The van der Waals surface area contributed by atoms with Gasteiger partial charge in [0, 0.05) is 0 Å². The normalized spacial score (nSPS) is 45.0. The maximum Gasteiger partial charge on any atom is 0.115 e. The molecule has 0 heterocycles. The fourth-order valence-corrected chi connectivity index (χ4v) is 1.77. The van der Waals surface area contributed by atoms with Crippen molar-refractivity contribution in [1.82, 2.24) is 0 Å². The van der Waals surface area contributed by atoms with Crippen LogP contribution in [0.2, 0.25) is 0 Å². The molecule has 0 nitrogen and oxygen atoms in total. The molecule has 54 valence electrons. The topological polar surface area (TPSA) is 0 Å². The predicted octanol–water partition coefficient (Wildman–Crippen LogP) is 2.65. The zero-order valence-corrected chi connectivity index (χ0v) is 7.14. The third-order valence-electron chi connectivity index (χ3n) is 1.65. The molecule has 0 spiro atoms. The number of hydrogen-bond donors (Lipinski definition) is 0. The van der Waals surface area contributed by atoms with Gasteiger partial charge in [-0.25, -0.2) is 8.78 Å². The van der Waals surface area contributed by atoms with E-state index in [2.05, 4.69) is 0 Å². The first-order valence-electron chi connectivity index (χ1n) is 3.14. The number of rotatable bonds is 0. The van der Waals surface area contributed by atoms with Crippen molar-refractivity contribution >= 4 is 22.6 Å². The van der Waals surface area contributed by atoms with Crippen LogP contribution in [0.4, 0.5) is 8.78 Å². The molecule has 0 radical (unpaired) electrons. The highest BCUT2D eigenvalue weighted by Crippen LogP contribution is 2.29. The summed E-state index contributed by atoms with van der Waals surface area (Å²) in [5.74, 6) is 0. The van der Waals surface area contributed by atoms with Crippen molar-refractivity contribution in [3.8, 4) is 0 Å². The summed E-state index contributed by atoms with van der Waals surface area (Å²) >= 11 is 1.86. The minimum absolute atomic E-state index is 0.392. The molecule has 0 bridgehead atoms. The van der Waals surface area contributed by atoms with E-state index in [0.29, 0.717) is 19.3 Å². The summed E-state index contributed by atoms with van der Waals surface area (Å²) in [6.07, 6.45) is -0.00661. The molecule has 2 unspecified atom stereocenters. The third-order valence-corrected chi connectivity index (χ3v) is 3.21. The minimum Gasteiger partial charge on any atom is -0.246 e. The summed E-state index contributed by atoms with van der Waals surface area (Å²) < 4.78 is 24.8. The van der Waals surface area contributed by atoms with Crippen LogP contribution in [-0.4, -0.2) is 16.3 Å². The van der Waals surface area contributed by atoms with Crippen LogP contribution in [0.15, 0.2) is 0 Å². The SMILES string of the molecule is FC1CCC[C@H](F)C1I. The van der Waals surface area contributed by atoms with E-state index in [1.54, 1.807) is 0 Å².